The Labute approximate surface area is 172 Å². The molecule has 0 saturated carbocycles. The van der Waals surface area contributed by atoms with E-state index in [1.165, 1.54) is 24.1 Å². The van der Waals surface area contributed by atoms with E-state index in [-0.39, 0.29) is 30.5 Å². The second-order valence-corrected chi connectivity index (χ2v) is 6.75. The molecule has 30 heavy (non-hydrogen) atoms. The van der Waals surface area contributed by atoms with Crippen molar-refractivity contribution in [1.82, 2.24) is 4.90 Å². The monoisotopic (exact) mass is 412 g/mol. The van der Waals surface area contributed by atoms with Gasteiger partial charge in [0.25, 0.3) is 11.7 Å². The molecule has 0 radical (unpaired) electrons. The van der Waals surface area contributed by atoms with Gasteiger partial charge in [0.1, 0.15) is 17.3 Å². The molecule has 7 nitrogen and oxygen atoms in total. The number of ether oxygens (including phenoxy) is 1. The van der Waals surface area contributed by atoms with Crippen LogP contribution in [0.3, 0.4) is 0 Å². The van der Waals surface area contributed by atoms with Gasteiger partial charge in [0.05, 0.1) is 18.7 Å². The van der Waals surface area contributed by atoms with Gasteiger partial charge >= 0.3 is 0 Å². The maximum absolute atomic E-state index is 13.3. The zero-order chi connectivity index (χ0) is 21.8. The van der Waals surface area contributed by atoms with Gasteiger partial charge < -0.3 is 24.6 Å². The fraction of sp³-hybridized carbons (Fsp3) is 0.227. The van der Waals surface area contributed by atoms with E-state index in [0.717, 1.165) is 12.1 Å². The molecule has 0 bridgehead atoms. The summed E-state index contributed by atoms with van der Waals surface area (Å²) in [5, 5.41) is 21.5. The molecular weight excluding hydrogens is 393 g/mol. The number of aliphatic hydroxyl groups excluding tert-OH is 1. The van der Waals surface area contributed by atoms with E-state index in [0.29, 0.717) is 11.3 Å². The Balaban J connectivity index is 2.08. The van der Waals surface area contributed by atoms with E-state index in [4.69, 9.17) is 4.74 Å². The number of Topliss-reactive ketones (excluding diaryl/α,β-unsaturated/α-hetero) is 1. The second-order valence-electron chi connectivity index (χ2n) is 6.75. The first-order valence-electron chi connectivity index (χ1n) is 9.21. The normalized spacial score (nSPS) is 17.9. The van der Waals surface area contributed by atoms with Crippen molar-refractivity contribution in [2.45, 2.75) is 18.9 Å². The minimum Gasteiger partial charge on any atom is -0.550 e. The molecule has 1 atom stereocenters. The summed E-state index contributed by atoms with van der Waals surface area (Å²) in [6, 6.07) is 10.5. The van der Waals surface area contributed by atoms with E-state index in [2.05, 4.69) is 0 Å². The molecule has 1 heterocycles. The number of amides is 1. The molecule has 0 unspecified atom stereocenters. The average Bonchev–Trinajstić information content (AvgIpc) is 2.98. The summed E-state index contributed by atoms with van der Waals surface area (Å²) in [6.07, 6.45) is -0.200. The lowest BCUT2D eigenvalue weighted by Crippen LogP contribution is -2.32. The summed E-state index contributed by atoms with van der Waals surface area (Å²) in [4.78, 5) is 37.4. The molecule has 3 rings (SSSR count). The lowest BCUT2D eigenvalue weighted by Gasteiger charge is -2.25. The van der Waals surface area contributed by atoms with Crippen LogP contribution in [0.5, 0.6) is 5.75 Å². The van der Waals surface area contributed by atoms with Crippen molar-refractivity contribution in [1.29, 1.82) is 0 Å². The maximum Gasteiger partial charge on any atom is 0.295 e. The first kappa shape index (κ1) is 21.0. The number of aliphatic carboxylic acids is 1. The van der Waals surface area contributed by atoms with Crippen LogP contribution >= 0.6 is 0 Å². The van der Waals surface area contributed by atoms with E-state index in [9.17, 15) is 29.0 Å². The van der Waals surface area contributed by atoms with Crippen LogP contribution in [0.2, 0.25) is 0 Å². The Hall–Kier alpha value is -3.68. The number of carbonyl (C=O) groups excluding carboxylic acids is 3. The number of aliphatic hydroxyl groups is 1. The topological polar surface area (TPSA) is 107 Å². The number of methoxy groups -OCH3 is 1. The van der Waals surface area contributed by atoms with Crippen LogP contribution in [0.25, 0.3) is 5.76 Å². The molecule has 0 aromatic heterocycles. The quantitative estimate of drug-likeness (QED) is 0.422. The van der Waals surface area contributed by atoms with Crippen LogP contribution in [0.1, 0.15) is 30.0 Å². The van der Waals surface area contributed by atoms with E-state index in [1.54, 1.807) is 24.3 Å². The highest BCUT2D eigenvalue weighted by Crippen LogP contribution is 2.39. The highest BCUT2D eigenvalue weighted by atomic mass is 19.1. The van der Waals surface area contributed by atoms with Crippen molar-refractivity contribution in [2.75, 3.05) is 13.7 Å². The first-order valence-corrected chi connectivity index (χ1v) is 9.21. The minimum absolute atomic E-state index is 0.0184. The molecule has 0 aliphatic carbocycles. The number of benzene rings is 2. The van der Waals surface area contributed by atoms with Gasteiger partial charge in [-0.3, -0.25) is 9.59 Å². The van der Waals surface area contributed by atoms with Gasteiger partial charge in [-0.25, -0.2) is 4.39 Å². The Morgan fingerprint density at radius 2 is 1.77 bits per heavy atom. The Bertz CT molecular complexity index is 997. The predicted octanol–water partition coefficient (Wildman–Crippen LogP) is 1.79. The standard InChI is InChI=1S/C22H20FNO6/c1-30-16-10-6-13(7-11-16)19-18(20(27)14-4-8-15(23)9-5-14)21(28)22(29)24(19)12-2-3-17(25)26/h4-11,19,27H,2-3,12H2,1H3,(H,25,26)/p-1/t19-/m0/s1. The summed E-state index contributed by atoms with van der Waals surface area (Å²) in [6.45, 7) is -0.0184. The van der Waals surface area contributed by atoms with Crippen molar-refractivity contribution in [2.24, 2.45) is 0 Å². The van der Waals surface area contributed by atoms with Gasteiger partial charge in [0, 0.05) is 18.1 Å². The van der Waals surface area contributed by atoms with Crippen molar-refractivity contribution in [3.05, 3.63) is 71.0 Å². The fourth-order valence-corrected chi connectivity index (χ4v) is 3.40. The number of halogens is 1. The Kier molecular flexibility index (Phi) is 6.15. The third-order valence-corrected chi connectivity index (χ3v) is 4.87. The Morgan fingerprint density at radius 1 is 1.13 bits per heavy atom. The van der Waals surface area contributed by atoms with Crippen molar-refractivity contribution in [3.63, 3.8) is 0 Å². The molecule has 1 amide bonds. The first-order chi connectivity index (χ1) is 14.3. The predicted molar refractivity (Wildman–Crippen MR) is 103 cm³/mol. The number of hydrogen-bond donors (Lipinski definition) is 1. The van der Waals surface area contributed by atoms with Gasteiger partial charge in [-0.05, 0) is 54.8 Å². The lowest BCUT2D eigenvalue weighted by molar-refractivity contribution is -0.305. The third-order valence-electron chi connectivity index (χ3n) is 4.87. The molecule has 8 heteroatoms. The van der Waals surface area contributed by atoms with Crippen LogP contribution < -0.4 is 9.84 Å². The highest BCUT2D eigenvalue weighted by Gasteiger charge is 2.45. The molecular formula is C22H19FNO6-. The van der Waals surface area contributed by atoms with Gasteiger partial charge in [-0.2, -0.15) is 0 Å². The Morgan fingerprint density at radius 3 is 2.33 bits per heavy atom. The number of hydrogen-bond acceptors (Lipinski definition) is 6. The zero-order valence-electron chi connectivity index (χ0n) is 16.1. The molecule has 2 aromatic carbocycles. The molecule has 1 fully saturated rings. The van der Waals surface area contributed by atoms with Crippen molar-refractivity contribution < 1.29 is 33.7 Å². The number of nitrogens with zero attached hydrogens (tertiary/aromatic N) is 1. The largest absolute Gasteiger partial charge is 0.550 e. The molecule has 1 aliphatic rings. The maximum atomic E-state index is 13.3. The van der Waals surface area contributed by atoms with Crippen LogP contribution in [0.4, 0.5) is 4.39 Å². The summed E-state index contributed by atoms with van der Waals surface area (Å²) in [5.41, 5.74) is 0.569. The van der Waals surface area contributed by atoms with Crippen LogP contribution in [0, 0.1) is 5.82 Å². The molecule has 1 aliphatic heterocycles. The third kappa shape index (κ3) is 4.17. The summed E-state index contributed by atoms with van der Waals surface area (Å²) >= 11 is 0. The molecule has 1 N–H and O–H groups in total. The number of rotatable bonds is 7. The smallest absolute Gasteiger partial charge is 0.295 e. The van der Waals surface area contributed by atoms with Crippen molar-refractivity contribution >= 4 is 23.4 Å². The lowest BCUT2D eigenvalue weighted by atomic mass is 9.95. The number of carbonyl (C=O) groups is 3. The number of likely N-dealkylation sites (tertiary alicyclic amines) is 1. The number of carboxylic acids is 1. The molecule has 1 saturated heterocycles. The zero-order valence-corrected chi connectivity index (χ0v) is 16.1. The van der Waals surface area contributed by atoms with Crippen molar-refractivity contribution in [3.8, 4) is 5.75 Å². The summed E-state index contributed by atoms with van der Waals surface area (Å²) < 4.78 is 18.4. The van der Waals surface area contributed by atoms with E-state index >= 15 is 0 Å². The summed E-state index contributed by atoms with van der Waals surface area (Å²) in [7, 11) is 1.50. The molecule has 156 valence electrons. The van der Waals surface area contributed by atoms with Crippen LogP contribution in [-0.4, -0.2) is 41.3 Å². The SMILES string of the molecule is COc1ccc([C@H]2C(=C(O)c3ccc(F)cc3)C(=O)C(=O)N2CCCC(=O)[O-])cc1. The van der Waals surface area contributed by atoms with Gasteiger partial charge in [0.2, 0.25) is 0 Å². The fourth-order valence-electron chi connectivity index (χ4n) is 3.40. The second kappa shape index (κ2) is 8.77. The minimum atomic E-state index is -1.26. The van der Waals surface area contributed by atoms with Gasteiger partial charge in [-0.15, -0.1) is 0 Å². The molecule has 0 spiro atoms. The van der Waals surface area contributed by atoms with Crippen LogP contribution in [0.15, 0.2) is 54.1 Å². The number of ketones is 1. The highest BCUT2D eigenvalue weighted by molar-refractivity contribution is 6.46. The summed E-state index contributed by atoms with van der Waals surface area (Å²) in [5.74, 6) is -3.40. The molecule has 2 aromatic rings. The number of carboxylic acid groups (broad SMARTS) is 1. The van der Waals surface area contributed by atoms with Gasteiger partial charge in [0.15, 0.2) is 0 Å². The van der Waals surface area contributed by atoms with Gasteiger partial charge in [-0.1, -0.05) is 12.1 Å². The van der Waals surface area contributed by atoms with Crippen LogP contribution in [-0.2, 0) is 14.4 Å². The van der Waals surface area contributed by atoms with E-state index in [1.807, 2.05) is 0 Å². The van der Waals surface area contributed by atoms with E-state index < -0.39 is 35.3 Å². The average molecular weight is 412 g/mol.